The monoisotopic (exact) mass is 460 g/mol. The molecule has 0 radical (unpaired) electrons. The quantitative estimate of drug-likeness (QED) is 0.326. The molecule has 0 saturated carbocycles. The van der Waals surface area contributed by atoms with Crippen molar-refractivity contribution in [2.75, 3.05) is 18.1 Å². The number of fused-ring (bicyclic) bond motifs is 1. The number of hydrogen-bond donors (Lipinski definition) is 1. The van der Waals surface area contributed by atoms with Gasteiger partial charge in [-0.2, -0.15) is 0 Å². The first-order valence-corrected chi connectivity index (χ1v) is 11.1. The molecule has 168 valence electrons. The van der Waals surface area contributed by atoms with E-state index < -0.39 is 11.8 Å². The lowest BCUT2D eigenvalue weighted by Crippen LogP contribution is -2.54. The number of carbonyl (C=O) groups is 2. The van der Waals surface area contributed by atoms with Crippen molar-refractivity contribution in [1.82, 2.24) is 5.32 Å². The van der Waals surface area contributed by atoms with Crippen LogP contribution >= 0.6 is 12.2 Å². The van der Waals surface area contributed by atoms with Gasteiger partial charge in [0.15, 0.2) is 5.11 Å². The number of benzene rings is 3. The molecule has 0 unspecified atom stereocenters. The molecule has 0 atom stereocenters. The maximum Gasteiger partial charge on any atom is 0.270 e. The molecule has 1 N–H and O–H groups in total. The van der Waals surface area contributed by atoms with Crippen molar-refractivity contribution < 1.29 is 19.1 Å². The van der Waals surface area contributed by atoms with E-state index in [1.54, 1.807) is 12.1 Å². The summed E-state index contributed by atoms with van der Waals surface area (Å²) < 4.78 is 11.5. The Morgan fingerprint density at radius 3 is 2.45 bits per heavy atom. The van der Waals surface area contributed by atoms with Crippen molar-refractivity contribution in [1.29, 1.82) is 0 Å². The van der Waals surface area contributed by atoms with E-state index in [-0.39, 0.29) is 10.7 Å². The van der Waals surface area contributed by atoms with Crippen LogP contribution in [0.3, 0.4) is 0 Å². The lowest BCUT2D eigenvalue weighted by Gasteiger charge is -2.30. The maximum atomic E-state index is 13.5. The highest BCUT2D eigenvalue weighted by Crippen LogP contribution is 2.34. The minimum Gasteiger partial charge on any atom is -0.494 e. The minimum absolute atomic E-state index is 0.0258. The minimum atomic E-state index is -0.546. The first kappa shape index (κ1) is 22.5. The summed E-state index contributed by atoms with van der Waals surface area (Å²) in [7, 11) is 0. The van der Waals surface area contributed by atoms with Gasteiger partial charge in [0.05, 0.1) is 18.9 Å². The second-order valence-corrected chi connectivity index (χ2v) is 7.86. The summed E-state index contributed by atoms with van der Waals surface area (Å²) in [6.45, 7) is 6.65. The summed E-state index contributed by atoms with van der Waals surface area (Å²) in [5.41, 5.74) is 2.10. The normalized spacial score (nSPS) is 15.2. The Morgan fingerprint density at radius 2 is 1.73 bits per heavy atom. The topological polar surface area (TPSA) is 67.9 Å². The predicted octanol–water partition coefficient (Wildman–Crippen LogP) is 4.78. The van der Waals surface area contributed by atoms with E-state index in [0.29, 0.717) is 36.0 Å². The fraction of sp³-hybridized carbons (Fsp3) is 0.192. The molecular weight excluding hydrogens is 436 g/mol. The van der Waals surface area contributed by atoms with Crippen LogP contribution in [0.1, 0.15) is 25.0 Å². The molecule has 0 spiro atoms. The molecule has 2 amide bonds. The third-order valence-corrected chi connectivity index (χ3v) is 5.64. The number of anilines is 1. The van der Waals surface area contributed by atoms with E-state index in [1.165, 1.54) is 4.90 Å². The van der Waals surface area contributed by atoms with Crippen LogP contribution in [0.4, 0.5) is 5.69 Å². The van der Waals surface area contributed by atoms with Gasteiger partial charge < -0.3 is 9.47 Å². The average Bonchev–Trinajstić information content (AvgIpc) is 2.79. The van der Waals surface area contributed by atoms with Crippen molar-refractivity contribution in [2.45, 2.75) is 20.8 Å². The number of nitrogens with zero attached hydrogens (tertiary/aromatic N) is 1. The Bertz CT molecular complexity index is 1290. The third kappa shape index (κ3) is 4.32. The molecule has 1 heterocycles. The van der Waals surface area contributed by atoms with Gasteiger partial charge in [-0.1, -0.05) is 30.3 Å². The first-order chi connectivity index (χ1) is 15.9. The molecule has 3 aromatic carbocycles. The van der Waals surface area contributed by atoms with E-state index in [9.17, 15) is 9.59 Å². The van der Waals surface area contributed by atoms with Crippen molar-refractivity contribution in [3.63, 3.8) is 0 Å². The van der Waals surface area contributed by atoms with Gasteiger partial charge in [-0.15, -0.1) is 0 Å². The summed E-state index contributed by atoms with van der Waals surface area (Å²) in [4.78, 5) is 27.8. The van der Waals surface area contributed by atoms with Crippen LogP contribution in [0.15, 0.2) is 60.2 Å². The van der Waals surface area contributed by atoms with E-state index in [1.807, 2.05) is 69.3 Å². The summed E-state index contributed by atoms with van der Waals surface area (Å²) in [5, 5.41) is 4.45. The molecule has 1 aliphatic heterocycles. The van der Waals surface area contributed by atoms with E-state index in [4.69, 9.17) is 21.7 Å². The highest BCUT2D eigenvalue weighted by molar-refractivity contribution is 7.80. The highest BCUT2D eigenvalue weighted by Gasteiger charge is 2.35. The number of para-hydroxylation sites is 1. The molecule has 0 aromatic heterocycles. The standard InChI is InChI=1S/C26H24N2O4S/c1-4-31-18-12-10-17-11-13-23(32-5-2)20(19(17)14-18)15-21-24(29)27-26(33)28(25(21)30)22-9-7-6-8-16(22)3/h6-15H,4-5H2,1-3H3,(H,27,29,33)/b21-15+. The fourth-order valence-electron chi connectivity index (χ4n) is 3.82. The zero-order valence-corrected chi connectivity index (χ0v) is 19.5. The lowest BCUT2D eigenvalue weighted by atomic mass is 9.99. The molecule has 1 saturated heterocycles. The number of rotatable bonds is 6. The Balaban J connectivity index is 1.89. The van der Waals surface area contributed by atoms with Crippen LogP contribution in [-0.2, 0) is 9.59 Å². The number of thiocarbonyl (C=S) groups is 1. The van der Waals surface area contributed by atoms with Crippen molar-refractivity contribution >= 4 is 51.7 Å². The second-order valence-electron chi connectivity index (χ2n) is 7.47. The number of aryl methyl sites for hydroxylation is 1. The Kier molecular flexibility index (Phi) is 6.42. The summed E-state index contributed by atoms with van der Waals surface area (Å²) >= 11 is 5.34. The fourth-order valence-corrected chi connectivity index (χ4v) is 4.10. The molecule has 7 heteroatoms. The molecule has 1 fully saturated rings. The van der Waals surface area contributed by atoms with Gasteiger partial charge >= 0.3 is 0 Å². The zero-order chi connectivity index (χ0) is 23.5. The Morgan fingerprint density at radius 1 is 1.00 bits per heavy atom. The van der Waals surface area contributed by atoms with E-state index in [0.717, 1.165) is 16.3 Å². The SMILES string of the molecule is CCOc1ccc2ccc(OCC)c(/C=C3\C(=O)NC(=S)N(c4ccccc4C)C3=O)c2c1. The number of hydrogen-bond acceptors (Lipinski definition) is 5. The second kappa shape index (κ2) is 9.42. The highest BCUT2D eigenvalue weighted by atomic mass is 32.1. The van der Waals surface area contributed by atoms with Crippen LogP contribution in [-0.4, -0.2) is 30.1 Å². The van der Waals surface area contributed by atoms with Crippen LogP contribution in [0, 0.1) is 6.92 Å². The Labute approximate surface area is 197 Å². The third-order valence-electron chi connectivity index (χ3n) is 5.35. The predicted molar refractivity (Wildman–Crippen MR) is 134 cm³/mol. The van der Waals surface area contributed by atoms with Crippen LogP contribution < -0.4 is 19.7 Å². The first-order valence-electron chi connectivity index (χ1n) is 10.7. The maximum absolute atomic E-state index is 13.5. The molecule has 0 aliphatic carbocycles. The average molecular weight is 461 g/mol. The number of amides is 2. The number of carbonyl (C=O) groups excluding carboxylic acids is 2. The van der Waals surface area contributed by atoms with Gasteiger partial charge in [0, 0.05) is 5.56 Å². The van der Waals surface area contributed by atoms with Gasteiger partial charge in [0.25, 0.3) is 11.8 Å². The number of nitrogens with one attached hydrogen (secondary N) is 1. The van der Waals surface area contributed by atoms with E-state index >= 15 is 0 Å². The van der Waals surface area contributed by atoms with E-state index in [2.05, 4.69) is 5.32 Å². The van der Waals surface area contributed by atoms with Gasteiger partial charge in [-0.3, -0.25) is 19.8 Å². The van der Waals surface area contributed by atoms with Gasteiger partial charge in [-0.05, 0) is 79.7 Å². The molecular formula is C26H24N2O4S. The van der Waals surface area contributed by atoms with Gasteiger partial charge in [0.1, 0.15) is 17.1 Å². The molecule has 3 aromatic rings. The van der Waals surface area contributed by atoms with Crippen molar-refractivity contribution in [3.8, 4) is 11.5 Å². The largest absolute Gasteiger partial charge is 0.494 e. The number of ether oxygens (including phenoxy) is 2. The van der Waals surface area contributed by atoms with Crippen LogP contribution in [0.2, 0.25) is 0 Å². The molecule has 4 rings (SSSR count). The van der Waals surface area contributed by atoms with Crippen molar-refractivity contribution in [3.05, 3.63) is 71.3 Å². The van der Waals surface area contributed by atoms with Crippen LogP contribution in [0.5, 0.6) is 11.5 Å². The zero-order valence-electron chi connectivity index (χ0n) is 18.7. The summed E-state index contributed by atoms with van der Waals surface area (Å²) in [6.07, 6.45) is 1.58. The summed E-state index contributed by atoms with van der Waals surface area (Å²) in [5.74, 6) is 0.233. The van der Waals surface area contributed by atoms with Crippen LogP contribution in [0.25, 0.3) is 16.8 Å². The van der Waals surface area contributed by atoms with Gasteiger partial charge in [-0.25, -0.2) is 0 Å². The summed E-state index contributed by atoms with van der Waals surface area (Å²) in [6, 6.07) is 16.9. The molecule has 33 heavy (non-hydrogen) atoms. The lowest BCUT2D eigenvalue weighted by molar-refractivity contribution is -0.122. The van der Waals surface area contributed by atoms with Gasteiger partial charge in [0.2, 0.25) is 0 Å². The molecule has 0 bridgehead atoms. The smallest absolute Gasteiger partial charge is 0.270 e. The molecule has 1 aliphatic rings. The van der Waals surface area contributed by atoms with Crippen molar-refractivity contribution in [2.24, 2.45) is 0 Å². The Hall–Kier alpha value is -3.71. The molecule has 6 nitrogen and oxygen atoms in total.